The standard InChI is InChI=1S/C17H17N3O4S/c1-9-15(21)18-11-7-10(4-5-13(11)24-9)12-8-25-17(19-12)20-16(22)14-3-2-6-23-14/h4-5,7-9,14H,2-3,6H2,1H3,(H,18,21)(H,19,20,22). The van der Waals surface area contributed by atoms with Crippen LogP contribution in [0, 0.1) is 0 Å². The van der Waals surface area contributed by atoms with Crippen molar-refractivity contribution in [2.75, 3.05) is 17.2 Å². The molecule has 0 spiro atoms. The number of nitrogens with one attached hydrogen (secondary N) is 2. The number of benzene rings is 1. The molecule has 25 heavy (non-hydrogen) atoms. The zero-order valence-corrected chi connectivity index (χ0v) is 14.4. The van der Waals surface area contributed by atoms with Gasteiger partial charge in [-0.25, -0.2) is 4.98 Å². The number of anilines is 2. The number of amides is 2. The molecule has 2 unspecified atom stereocenters. The molecule has 0 aliphatic carbocycles. The van der Waals surface area contributed by atoms with Crippen LogP contribution in [0.25, 0.3) is 11.3 Å². The highest BCUT2D eigenvalue weighted by atomic mass is 32.1. The Morgan fingerprint density at radius 2 is 2.32 bits per heavy atom. The lowest BCUT2D eigenvalue weighted by molar-refractivity contribution is -0.124. The van der Waals surface area contributed by atoms with E-state index >= 15 is 0 Å². The molecular weight excluding hydrogens is 342 g/mol. The molecule has 1 aromatic carbocycles. The van der Waals surface area contributed by atoms with Gasteiger partial charge in [-0.3, -0.25) is 14.9 Å². The van der Waals surface area contributed by atoms with Crippen molar-refractivity contribution in [3.63, 3.8) is 0 Å². The zero-order chi connectivity index (χ0) is 17.4. The molecule has 2 amide bonds. The van der Waals surface area contributed by atoms with Gasteiger partial charge in [-0.05, 0) is 38.0 Å². The van der Waals surface area contributed by atoms with Gasteiger partial charge in [0.25, 0.3) is 11.8 Å². The third-order valence-electron chi connectivity index (χ3n) is 4.16. The van der Waals surface area contributed by atoms with Gasteiger partial charge in [0, 0.05) is 17.6 Å². The summed E-state index contributed by atoms with van der Waals surface area (Å²) >= 11 is 1.35. The molecule has 3 heterocycles. The summed E-state index contributed by atoms with van der Waals surface area (Å²) in [7, 11) is 0. The van der Waals surface area contributed by atoms with E-state index in [0.29, 0.717) is 23.2 Å². The van der Waals surface area contributed by atoms with Gasteiger partial charge in [0.15, 0.2) is 11.2 Å². The highest BCUT2D eigenvalue weighted by molar-refractivity contribution is 7.14. The number of carbonyl (C=O) groups excluding carboxylic acids is 2. The number of hydrogen-bond donors (Lipinski definition) is 2. The van der Waals surface area contributed by atoms with E-state index in [1.54, 1.807) is 6.92 Å². The Labute approximate surface area is 148 Å². The first-order chi connectivity index (χ1) is 12.1. The quantitative estimate of drug-likeness (QED) is 0.879. The van der Waals surface area contributed by atoms with Crippen LogP contribution in [0.5, 0.6) is 5.75 Å². The molecule has 1 fully saturated rings. The summed E-state index contributed by atoms with van der Waals surface area (Å²) in [5.74, 6) is 0.309. The van der Waals surface area contributed by atoms with Gasteiger partial charge < -0.3 is 14.8 Å². The minimum absolute atomic E-state index is 0.154. The molecule has 7 nitrogen and oxygen atoms in total. The first-order valence-electron chi connectivity index (χ1n) is 8.10. The molecule has 2 aromatic rings. The van der Waals surface area contributed by atoms with Crippen molar-refractivity contribution in [3.05, 3.63) is 23.6 Å². The molecule has 8 heteroatoms. The van der Waals surface area contributed by atoms with Crippen molar-refractivity contribution in [2.24, 2.45) is 0 Å². The van der Waals surface area contributed by atoms with Gasteiger partial charge in [-0.15, -0.1) is 11.3 Å². The Kier molecular flexibility index (Phi) is 4.14. The highest BCUT2D eigenvalue weighted by Gasteiger charge is 2.25. The number of fused-ring (bicyclic) bond motifs is 1. The highest BCUT2D eigenvalue weighted by Crippen LogP contribution is 2.35. The lowest BCUT2D eigenvalue weighted by atomic mass is 10.1. The smallest absolute Gasteiger partial charge is 0.265 e. The maximum atomic E-state index is 12.1. The number of thiazole rings is 1. The van der Waals surface area contributed by atoms with Crippen molar-refractivity contribution in [3.8, 4) is 17.0 Å². The summed E-state index contributed by atoms with van der Waals surface area (Å²) in [5, 5.41) is 8.01. The van der Waals surface area contributed by atoms with Gasteiger partial charge in [0.2, 0.25) is 0 Å². The third-order valence-corrected chi connectivity index (χ3v) is 4.92. The van der Waals surface area contributed by atoms with Crippen LogP contribution in [0.2, 0.25) is 0 Å². The monoisotopic (exact) mass is 359 g/mol. The molecular formula is C17H17N3O4S. The van der Waals surface area contributed by atoms with E-state index in [4.69, 9.17) is 9.47 Å². The Bertz CT molecular complexity index is 829. The fourth-order valence-electron chi connectivity index (χ4n) is 2.80. The van der Waals surface area contributed by atoms with E-state index < -0.39 is 6.10 Å². The Balaban J connectivity index is 1.51. The van der Waals surface area contributed by atoms with Crippen LogP contribution < -0.4 is 15.4 Å². The molecule has 1 saturated heterocycles. The van der Waals surface area contributed by atoms with Gasteiger partial charge in [0.1, 0.15) is 11.9 Å². The topological polar surface area (TPSA) is 89.6 Å². The second-order valence-electron chi connectivity index (χ2n) is 5.99. The maximum Gasteiger partial charge on any atom is 0.265 e. The summed E-state index contributed by atoms with van der Waals surface area (Å²) < 4.78 is 10.9. The van der Waals surface area contributed by atoms with Gasteiger partial charge in [0.05, 0.1) is 11.4 Å². The number of ether oxygens (including phenoxy) is 2. The molecule has 4 rings (SSSR count). The van der Waals surface area contributed by atoms with Crippen LogP contribution in [-0.4, -0.2) is 35.6 Å². The van der Waals surface area contributed by atoms with Crippen molar-refractivity contribution < 1.29 is 19.1 Å². The van der Waals surface area contributed by atoms with Crippen molar-refractivity contribution in [1.82, 2.24) is 4.98 Å². The predicted molar refractivity (Wildman–Crippen MR) is 93.9 cm³/mol. The van der Waals surface area contributed by atoms with Crippen molar-refractivity contribution in [2.45, 2.75) is 32.0 Å². The zero-order valence-electron chi connectivity index (χ0n) is 13.6. The Hall–Kier alpha value is -2.45. The molecule has 2 aliphatic rings. The summed E-state index contributed by atoms with van der Waals surface area (Å²) in [5.41, 5.74) is 2.19. The normalized spacial score (nSPS) is 22.0. The summed E-state index contributed by atoms with van der Waals surface area (Å²) in [6, 6.07) is 5.51. The molecule has 0 radical (unpaired) electrons. The number of carbonyl (C=O) groups is 2. The molecule has 1 aromatic heterocycles. The van der Waals surface area contributed by atoms with E-state index in [-0.39, 0.29) is 17.9 Å². The van der Waals surface area contributed by atoms with Crippen LogP contribution in [0.1, 0.15) is 19.8 Å². The molecule has 2 aliphatic heterocycles. The Morgan fingerprint density at radius 3 is 3.12 bits per heavy atom. The summed E-state index contributed by atoms with van der Waals surface area (Å²) in [6.07, 6.45) is 0.762. The summed E-state index contributed by atoms with van der Waals surface area (Å²) in [6.45, 7) is 2.33. The fraction of sp³-hybridized carbons (Fsp3) is 0.353. The van der Waals surface area contributed by atoms with Gasteiger partial charge in [-0.1, -0.05) is 0 Å². The largest absolute Gasteiger partial charge is 0.479 e. The van der Waals surface area contributed by atoms with Gasteiger partial charge >= 0.3 is 0 Å². The first kappa shape index (κ1) is 16.0. The number of nitrogens with zero attached hydrogens (tertiary/aromatic N) is 1. The fourth-order valence-corrected chi connectivity index (χ4v) is 3.52. The predicted octanol–water partition coefficient (Wildman–Crippen LogP) is 2.65. The maximum absolute atomic E-state index is 12.1. The van der Waals surface area contributed by atoms with Crippen LogP contribution >= 0.6 is 11.3 Å². The van der Waals surface area contributed by atoms with E-state index in [9.17, 15) is 9.59 Å². The van der Waals surface area contributed by atoms with Crippen LogP contribution in [0.15, 0.2) is 23.6 Å². The molecule has 2 N–H and O–H groups in total. The first-order valence-corrected chi connectivity index (χ1v) is 8.98. The molecule has 130 valence electrons. The second kappa shape index (κ2) is 6.45. The minimum atomic E-state index is -0.503. The minimum Gasteiger partial charge on any atom is -0.479 e. The average molecular weight is 359 g/mol. The lowest BCUT2D eigenvalue weighted by Gasteiger charge is -2.23. The third kappa shape index (κ3) is 3.22. The molecule has 0 bridgehead atoms. The van der Waals surface area contributed by atoms with Crippen molar-refractivity contribution in [1.29, 1.82) is 0 Å². The number of aromatic nitrogens is 1. The van der Waals surface area contributed by atoms with E-state index in [1.807, 2.05) is 23.6 Å². The van der Waals surface area contributed by atoms with Crippen LogP contribution in [0.3, 0.4) is 0 Å². The molecule has 2 atom stereocenters. The van der Waals surface area contributed by atoms with Crippen molar-refractivity contribution >= 4 is 34.0 Å². The SMILES string of the molecule is CC1Oc2ccc(-c3csc(NC(=O)C4CCCO4)n3)cc2NC1=O. The van der Waals surface area contributed by atoms with Gasteiger partial charge in [-0.2, -0.15) is 0 Å². The van der Waals surface area contributed by atoms with Crippen LogP contribution in [-0.2, 0) is 14.3 Å². The van der Waals surface area contributed by atoms with E-state index in [2.05, 4.69) is 15.6 Å². The second-order valence-corrected chi connectivity index (χ2v) is 6.85. The average Bonchev–Trinajstić information content (AvgIpc) is 3.27. The Morgan fingerprint density at radius 1 is 1.44 bits per heavy atom. The summed E-state index contributed by atoms with van der Waals surface area (Å²) in [4.78, 5) is 28.3. The molecule has 0 saturated carbocycles. The lowest BCUT2D eigenvalue weighted by Crippen LogP contribution is -2.34. The van der Waals surface area contributed by atoms with E-state index in [1.165, 1.54) is 11.3 Å². The number of hydrogen-bond acceptors (Lipinski definition) is 6. The number of rotatable bonds is 3. The van der Waals surface area contributed by atoms with Crippen LogP contribution in [0.4, 0.5) is 10.8 Å². The van der Waals surface area contributed by atoms with E-state index in [0.717, 1.165) is 24.1 Å².